The summed E-state index contributed by atoms with van der Waals surface area (Å²) in [5.41, 5.74) is 3.27. The van der Waals surface area contributed by atoms with Gasteiger partial charge in [-0.3, -0.25) is 4.79 Å². The van der Waals surface area contributed by atoms with E-state index in [-0.39, 0.29) is 18.7 Å². The van der Waals surface area contributed by atoms with E-state index in [0.29, 0.717) is 31.4 Å². The maximum Gasteiger partial charge on any atom is 0.328 e. The Hall–Kier alpha value is -4.02. The molecule has 3 aromatic rings. The van der Waals surface area contributed by atoms with Gasteiger partial charge in [-0.25, -0.2) is 22.9 Å². The fourth-order valence-corrected chi connectivity index (χ4v) is 6.71. The van der Waals surface area contributed by atoms with Crippen LogP contribution in [0, 0.1) is 0 Å². The number of nitrogens with zero attached hydrogens (tertiary/aromatic N) is 2. The molecule has 0 bridgehead atoms. The van der Waals surface area contributed by atoms with E-state index in [1.165, 1.54) is 12.0 Å². The summed E-state index contributed by atoms with van der Waals surface area (Å²) in [7, 11) is -2.46. The highest BCUT2D eigenvalue weighted by molar-refractivity contribution is 7.89. The molecule has 234 valence electrons. The van der Waals surface area contributed by atoms with Crippen LogP contribution in [0.15, 0.2) is 73.8 Å². The first-order valence-electron chi connectivity index (χ1n) is 15.0. The summed E-state index contributed by atoms with van der Waals surface area (Å²) in [5.74, 6) is -0.602. The van der Waals surface area contributed by atoms with Gasteiger partial charge in [0.1, 0.15) is 23.9 Å². The maximum atomic E-state index is 13.9. The minimum absolute atomic E-state index is 0.0883. The van der Waals surface area contributed by atoms with E-state index in [4.69, 9.17) is 14.5 Å². The number of fused-ring (bicyclic) bond motifs is 1. The van der Waals surface area contributed by atoms with Gasteiger partial charge in [0.05, 0.1) is 30.6 Å². The number of carbonyl (C=O) groups excluding carboxylic acids is 2. The number of sulfonamides is 1. The van der Waals surface area contributed by atoms with E-state index < -0.39 is 40.1 Å². The van der Waals surface area contributed by atoms with Crippen molar-refractivity contribution in [2.75, 3.05) is 19.4 Å². The number of likely N-dealkylation sites (tertiary alicyclic amines) is 1. The van der Waals surface area contributed by atoms with Gasteiger partial charge in [-0.1, -0.05) is 74.9 Å². The molecule has 1 saturated heterocycles. The van der Waals surface area contributed by atoms with Crippen LogP contribution in [0.2, 0.25) is 0 Å². The Morgan fingerprint density at radius 3 is 2.59 bits per heavy atom. The number of rotatable bonds is 15. The summed E-state index contributed by atoms with van der Waals surface area (Å²) < 4.78 is 39.9. The maximum absolute atomic E-state index is 13.9. The van der Waals surface area contributed by atoms with Crippen LogP contribution >= 0.6 is 0 Å². The van der Waals surface area contributed by atoms with E-state index in [1.807, 2.05) is 61.5 Å². The van der Waals surface area contributed by atoms with E-state index >= 15 is 0 Å². The molecule has 2 aromatic carbocycles. The van der Waals surface area contributed by atoms with Crippen LogP contribution in [0.3, 0.4) is 0 Å². The van der Waals surface area contributed by atoms with Gasteiger partial charge in [0.2, 0.25) is 15.9 Å². The molecule has 0 unspecified atom stereocenters. The molecule has 10 heteroatoms. The van der Waals surface area contributed by atoms with Crippen LogP contribution in [0.5, 0.6) is 5.75 Å². The van der Waals surface area contributed by atoms with Gasteiger partial charge in [-0.2, -0.15) is 0 Å². The van der Waals surface area contributed by atoms with Crippen molar-refractivity contribution in [1.29, 1.82) is 0 Å². The van der Waals surface area contributed by atoms with Gasteiger partial charge in [-0.15, -0.1) is 6.58 Å². The molecule has 1 aliphatic rings. The van der Waals surface area contributed by atoms with Crippen molar-refractivity contribution in [1.82, 2.24) is 14.6 Å². The second-order valence-corrected chi connectivity index (χ2v) is 12.8. The molecule has 1 aromatic heterocycles. The van der Waals surface area contributed by atoms with Crippen LogP contribution in [-0.2, 0) is 24.3 Å². The first-order valence-corrected chi connectivity index (χ1v) is 16.6. The summed E-state index contributed by atoms with van der Waals surface area (Å²) in [4.78, 5) is 33.1. The molecule has 1 N–H and O–H groups in total. The lowest BCUT2D eigenvalue weighted by Crippen LogP contribution is -2.52. The summed E-state index contributed by atoms with van der Waals surface area (Å²) in [6, 6.07) is 15.5. The molecular formula is C34H41N3O6S. The molecule has 0 saturated carbocycles. The third-order valence-electron chi connectivity index (χ3n) is 7.70. The predicted molar refractivity (Wildman–Crippen MR) is 173 cm³/mol. The monoisotopic (exact) mass is 619 g/mol. The molecule has 44 heavy (non-hydrogen) atoms. The second-order valence-electron chi connectivity index (χ2n) is 10.9. The number of nitrogens with one attached hydrogen (secondary N) is 1. The number of carbonyl (C=O) groups is 2. The zero-order chi connectivity index (χ0) is 31.7. The molecule has 0 radical (unpaired) electrons. The van der Waals surface area contributed by atoms with Gasteiger partial charge >= 0.3 is 5.97 Å². The quantitative estimate of drug-likeness (QED) is 0.136. The lowest BCUT2D eigenvalue weighted by atomic mass is 10.1. The van der Waals surface area contributed by atoms with Crippen molar-refractivity contribution in [3.63, 3.8) is 0 Å². The third kappa shape index (κ3) is 8.12. The lowest BCUT2D eigenvalue weighted by molar-refractivity contribution is -0.151. The molecule has 9 nitrogen and oxygen atoms in total. The number of benzene rings is 2. The van der Waals surface area contributed by atoms with Gasteiger partial charge in [0, 0.05) is 23.4 Å². The van der Waals surface area contributed by atoms with Crippen LogP contribution in [0.1, 0.15) is 51.0 Å². The fourth-order valence-electron chi connectivity index (χ4n) is 5.39. The number of methoxy groups -OCH3 is 1. The van der Waals surface area contributed by atoms with Crippen LogP contribution in [-0.4, -0.2) is 67.8 Å². The molecule has 1 fully saturated rings. The van der Waals surface area contributed by atoms with Crippen molar-refractivity contribution in [3.05, 3.63) is 79.4 Å². The number of ether oxygens (including phenoxy) is 2. The third-order valence-corrected chi connectivity index (χ3v) is 9.17. The summed E-state index contributed by atoms with van der Waals surface area (Å²) >= 11 is 0. The van der Waals surface area contributed by atoms with Crippen molar-refractivity contribution in [2.45, 2.75) is 63.6 Å². The standard InChI is InChI=1S/C34H41N3O6S/c1-5-8-13-19-44(40,41)36-29(16-9-6-2)33(38)37-23-26(21-31(37)34(39)42-4)43-32-22-30(25-14-11-10-12-15-25)35-28-18-17-24(7-3)20-27(28)32/h5,7,10-12,14-15,17-18,20,22,26,29,31,36H,1,3,6,8-9,13,16,19,21,23H2,2,4H3/t26-,29+,31+/m1/s1. The average molecular weight is 620 g/mol. The van der Waals surface area contributed by atoms with E-state index in [1.54, 1.807) is 12.2 Å². The zero-order valence-electron chi connectivity index (χ0n) is 25.4. The predicted octanol–water partition coefficient (Wildman–Crippen LogP) is 5.51. The highest BCUT2D eigenvalue weighted by Crippen LogP contribution is 2.34. The molecule has 2 heterocycles. The van der Waals surface area contributed by atoms with Crippen molar-refractivity contribution in [3.8, 4) is 17.0 Å². The van der Waals surface area contributed by atoms with Crippen LogP contribution < -0.4 is 9.46 Å². The Bertz CT molecular complexity index is 1590. The molecule has 0 spiro atoms. The van der Waals surface area contributed by atoms with Crippen molar-refractivity contribution >= 4 is 38.9 Å². The van der Waals surface area contributed by atoms with Gasteiger partial charge in [0.15, 0.2) is 0 Å². The number of amides is 1. The SMILES string of the molecule is C=CCCCS(=O)(=O)N[C@@H](CCCC)C(=O)N1C[C@H](Oc2cc(-c3ccccc3)nc3ccc(C=C)cc23)C[C@H]1C(=O)OC. The number of pyridine rings is 1. The zero-order valence-corrected chi connectivity index (χ0v) is 26.2. The van der Waals surface area contributed by atoms with E-state index in [0.717, 1.165) is 34.1 Å². The Morgan fingerprint density at radius 1 is 1.14 bits per heavy atom. The van der Waals surface area contributed by atoms with Gasteiger partial charge in [0.25, 0.3) is 0 Å². The number of unbranched alkanes of at least 4 members (excludes halogenated alkanes) is 2. The lowest BCUT2D eigenvalue weighted by Gasteiger charge is -2.27. The number of hydrogen-bond acceptors (Lipinski definition) is 7. The summed E-state index contributed by atoms with van der Waals surface area (Å²) in [6.07, 6.45) is 5.71. The van der Waals surface area contributed by atoms with Gasteiger partial charge < -0.3 is 14.4 Å². The number of hydrogen-bond donors (Lipinski definition) is 1. The number of esters is 1. The molecule has 1 aliphatic heterocycles. The highest BCUT2D eigenvalue weighted by atomic mass is 32.2. The Labute approximate surface area is 260 Å². The van der Waals surface area contributed by atoms with Crippen molar-refractivity contribution in [2.24, 2.45) is 0 Å². The first kappa shape index (κ1) is 32.9. The minimum atomic E-state index is -3.73. The number of aromatic nitrogens is 1. The summed E-state index contributed by atoms with van der Waals surface area (Å²) in [5, 5.41) is 0.773. The van der Waals surface area contributed by atoms with E-state index in [2.05, 4.69) is 17.9 Å². The second kappa shape index (κ2) is 15.1. The highest BCUT2D eigenvalue weighted by Gasteiger charge is 2.44. The van der Waals surface area contributed by atoms with Crippen LogP contribution in [0.25, 0.3) is 28.2 Å². The normalized spacial score (nSPS) is 17.3. The molecule has 0 aliphatic carbocycles. The number of allylic oxidation sites excluding steroid dienone is 1. The Kier molecular flexibility index (Phi) is 11.3. The molecule has 4 rings (SSSR count). The Morgan fingerprint density at radius 2 is 1.91 bits per heavy atom. The molecular weight excluding hydrogens is 578 g/mol. The summed E-state index contributed by atoms with van der Waals surface area (Å²) in [6.45, 7) is 9.57. The molecule has 1 amide bonds. The fraction of sp³-hybridized carbons (Fsp3) is 0.382. The average Bonchev–Trinajstić information content (AvgIpc) is 3.46. The smallest absolute Gasteiger partial charge is 0.328 e. The largest absolute Gasteiger partial charge is 0.488 e. The van der Waals surface area contributed by atoms with E-state index in [9.17, 15) is 18.0 Å². The first-order chi connectivity index (χ1) is 21.2. The van der Waals surface area contributed by atoms with Crippen molar-refractivity contribution < 1.29 is 27.5 Å². The Balaban J connectivity index is 1.65. The van der Waals surface area contributed by atoms with Gasteiger partial charge in [-0.05, 0) is 37.0 Å². The minimum Gasteiger partial charge on any atom is -0.488 e. The molecule has 3 atom stereocenters. The topological polar surface area (TPSA) is 115 Å². The van der Waals surface area contributed by atoms with Crippen LogP contribution in [0.4, 0.5) is 0 Å².